The zero-order chi connectivity index (χ0) is 25.8. The fourth-order valence-corrected chi connectivity index (χ4v) is 9.27. The van der Waals surface area contributed by atoms with Crippen LogP contribution in [0.15, 0.2) is 23.0 Å². The fraction of sp³-hybridized carbons (Fsp3) is 0.806. The maximum Gasteiger partial charge on any atom is 0.302 e. The lowest BCUT2D eigenvalue weighted by molar-refractivity contribution is -0.148. The van der Waals surface area contributed by atoms with Crippen LogP contribution in [0.25, 0.3) is 0 Å². The molecule has 1 aliphatic heterocycles. The smallest absolute Gasteiger partial charge is 0.302 e. The molecule has 3 saturated carbocycles. The van der Waals surface area contributed by atoms with E-state index in [0.717, 1.165) is 43.9 Å². The monoisotopic (exact) mass is 498 g/mol. The van der Waals surface area contributed by atoms with E-state index in [9.17, 15) is 9.59 Å². The van der Waals surface area contributed by atoms with Gasteiger partial charge in [-0.15, -0.1) is 0 Å². The molecule has 0 N–H and O–H groups in total. The van der Waals surface area contributed by atoms with Crippen LogP contribution in [0.3, 0.4) is 0 Å². The molecule has 0 radical (unpaired) electrons. The largest absolute Gasteiger partial charge is 0.494 e. The van der Waals surface area contributed by atoms with E-state index in [1.807, 2.05) is 0 Å². The van der Waals surface area contributed by atoms with Crippen molar-refractivity contribution in [1.82, 2.24) is 0 Å². The first-order valence-electron chi connectivity index (χ1n) is 14.4. The molecule has 5 aliphatic rings. The SMILES string of the molecule is CC(=O)OC[C@@H](C)CCC1=C(C)C2C(CC3C4CC=C5C[C@@H](OC(C)=O)CCC5(C)C4CC[C@@]32C)O1. The van der Waals surface area contributed by atoms with Crippen LogP contribution in [0, 0.1) is 40.4 Å². The summed E-state index contributed by atoms with van der Waals surface area (Å²) in [4.78, 5) is 22.7. The lowest BCUT2D eigenvalue weighted by Gasteiger charge is -2.58. The number of esters is 2. The van der Waals surface area contributed by atoms with Crippen LogP contribution in [0.5, 0.6) is 0 Å². The third-order valence-electron chi connectivity index (χ3n) is 11.0. The van der Waals surface area contributed by atoms with Crippen molar-refractivity contribution in [2.75, 3.05) is 6.61 Å². The van der Waals surface area contributed by atoms with Gasteiger partial charge in [0.15, 0.2) is 0 Å². The zero-order valence-electron chi connectivity index (χ0n) is 23.2. The Hall–Kier alpha value is -1.78. The molecule has 0 aromatic heterocycles. The van der Waals surface area contributed by atoms with Crippen LogP contribution in [0.1, 0.15) is 99.3 Å². The van der Waals surface area contributed by atoms with Crippen molar-refractivity contribution < 1.29 is 23.8 Å². The quantitative estimate of drug-likeness (QED) is 0.299. The van der Waals surface area contributed by atoms with Gasteiger partial charge in [0.05, 0.1) is 12.4 Å². The fourth-order valence-electron chi connectivity index (χ4n) is 9.27. The molecule has 1 heterocycles. The summed E-state index contributed by atoms with van der Waals surface area (Å²) in [5, 5.41) is 0. The topological polar surface area (TPSA) is 61.8 Å². The third kappa shape index (κ3) is 4.32. The molecule has 0 amide bonds. The number of hydrogen-bond donors (Lipinski definition) is 0. The van der Waals surface area contributed by atoms with E-state index in [1.54, 1.807) is 5.57 Å². The highest BCUT2D eigenvalue weighted by Gasteiger charge is 2.63. The second-order valence-electron chi connectivity index (χ2n) is 13.2. The summed E-state index contributed by atoms with van der Waals surface area (Å²) in [5.74, 6) is 3.93. The minimum Gasteiger partial charge on any atom is -0.494 e. The van der Waals surface area contributed by atoms with Gasteiger partial charge < -0.3 is 14.2 Å². The maximum atomic E-state index is 11.5. The summed E-state index contributed by atoms with van der Waals surface area (Å²) in [6.07, 6.45) is 12.9. The number of carbonyl (C=O) groups excluding carboxylic acids is 2. The second kappa shape index (κ2) is 9.51. The Labute approximate surface area is 217 Å². The zero-order valence-corrected chi connectivity index (χ0v) is 23.2. The van der Waals surface area contributed by atoms with Crippen LogP contribution >= 0.6 is 0 Å². The number of rotatable bonds is 6. The first kappa shape index (κ1) is 25.9. The lowest BCUT2D eigenvalue weighted by Crippen LogP contribution is -2.50. The van der Waals surface area contributed by atoms with E-state index in [2.05, 4.69) is 33.8 Å². The van der Waals surface area contributed by atoms with E-state index in [4.69, 9.17) is 14.2 Å². The molecule has 0 aromatic carbocycles. The highest BCUT2D eigenvalue weighted by molar-refractivity contribution is 5.66. The summed E-state index contributed by atoms with van der Waals surface area (Å²) in [6.45, 7) is 13.1. The van der Waals surface area contributed by atoms with E-state index in [0.29, 0.717) is 35.9 Å². The molecular formula is C31H46O5. The van der Waals surface area contributed by atoms with Crippen LogP contribution in [-0.4, -0.2) is 30.8 Å². The molecule has 0 aromatic rings. The Balaban J connectivity index is 1.29. The summed E-state index contributed by atoms with van der Waals surface area (Å²) in [6, 6.07) is 0. The predicted octanol–water partition coefficient (Wildman–Crippen LogP) is 6.76. The first-order chi connectivity index (χ1) is 17.0. The van der Waals surface area contributed by atoms with Gasteiger partial charge in [-0.3, -0.25) is 9.59 Å². The predicted molar refractivity (Wildman–Crippen MR) is 139 cm³/mol. The molecule has 5 heteroatoms. The molecule has 5 rings (SSSR count). The van der Waals surface area contributed by atoms with Crippen molar-refractivity contribution in [3.05, 3.63) is 23.0 Å². The van der Waals surface area contributed by atoms with Crippen LogP contribution in [0.4, 0.5) is 0 Å². The first-order valence-corrected chi connectivity index (χ1v) is 14.4. The molecule has 200 valence electrons. The highest BCUT2D eigenvalue weighted by atomic mass is 16.5. The third-order valence-corrected chi connectivity index (χ3v) is 11.0. The van der Waals surface area contributed by atoms with Gasteiger partial charge in [-0.2, -0.15) is 0 Å². The number of allylic oxidation sites excluding steroid dienone is 2. The molecule has 0 spiro atoms. The summed E-state index contributed by atoms with van der Waals surface area (Å²) in [7, 11) is 0. The van der Waals surface area contributed by atoms with Crippen molar-refractivity contribution in [3.63, 3.8) is 0 Å². The standard InChI is InChI=1S/C31H46O5/c1-18(17-34-20(3)32)7-10-27-19(2)29-28(36-27)16-26-24-9-8-22-15-23(35-21(4)33)11-13-30(22,5)25(24)12-14-31(26,29)6/h8,18,23-26,28-29H,7,9-17H2,1-6H3/t18-,23-,24?,25?,26?,28?,29?,30?,31-/m0/s1. The average Bonchev–Trinajstić information content (AvgIpc) is 3.29. The van der Waals surface area contributed by atoms with E-state index < -0.39 is 0 Å². The molecule has 36 heavy (non-hydrogen) atoms. The molecule has 6 unspecified atom stereocenters. The van der Waals surface area contributed by atoms with Crippen molar-refractivity contribution >= 4 is 11.9 Å². The molecule has 4 aliphatic carbocycles. The lowest BCUT2D eigenvalue weighted by atomic mass is 9.47. The van der Waals surface area contributed by atoms with Gasteiger partial charge in [-0.1, -0.05) is 32.4 Å². The number of carbonyl (C=O) groups is 2. The number of ether oxygens (including phenoxy) is 3. The summed E-state index contributed by atoms with van der Waals surface area (Å²) >= 11 is 0. The minimum atomic E-state index is -0.200. The van der Waals surface area contributed by atoms with Crippen molar-refractivity contribution in [2.45, 2.75) is 112 Å². The van der Waals surface area contributed by atoms with Gasteiger partial charge in [0.25, 0.3) is 0 Å². The number of hydrogen-bond acceptors (Lipinski definition) is 5. The second-order valence-corrected chi connectivity index (χ2v) is 13.2. The van der Waals surface area contributed by atoms with Crippen molar-refractivity contribution in [2.24, 2.45) is 40.4 Å². The van der Waals surface area contributed by atoms with Gasteiger partial charge in [0.2, 0.25) is 0 Å². The molecule has 5 nitrogen and oxygen atoms in total. The van der Waals surface area contributed by atoms with Crippen LogP contribution < -0.4 is 0 Å². The Kier molecular flexibility index (Phi) is 6.83. The summed E-state index contributed by atoms with van der Waals surface area (Å²) in [5.41, 5.74) is 3.62. The maximum absolute atomic E-state index is 11.5. The highest BCUT2D eigenvalue weighted by Crippen LogP contribution is 2.69. The van der Waals surface area contributed by atoms with Gasteiger partial charge in [-0.05, 0) is 91.9 Å². The van der Waals surface area contributed by atoms with Gasteiger partial charge in [-0.25, -0.2) is 0 Å². The van der Waals surface area contributed by atoms with Crippen molar-refractivity contribution in [1.29, 1.82) is 0 Å². The molecule has 0 saturated heterocycles. The van der Waals surface area contributed by atoms with Gasteiger partial charge in [0.1, 0.15) is 12.2 Å². The Morgan fingerprint density at radius 3 is 2.64 bits per heavy atom. The summed E-state index contributed by atoms with van der Waals surface area (Å²) < 4.78 is 17.5. The minimum absolute atomic E-state index is 0.0643. The molecular weight excluding hydrogens is 452 g/mol. The van der Waals surface area contributed by atoms with E-state index in [1.165, 1.54) is 50.9 Å². The molecule has 0 bridgehead atoms. The normalized spacial score (nSPS) is 41.8. The van der Waals surface area contributed by atoms with Crippen molar-refractivity contribution in [3.8, 4) is 0 Å². The Morgan fingerprint density at radius 1 is 1.14 bits per heavy atom. The van der Waals surface area contributed by atoms with Gasteiger partial charge >= 0.3 is 11.9 Å². The van der Waals surface area contributed by atoms with E-state index in [-0.39, 0.29) is 23.5 Å². The van der Waals surface area contributed by atoms with Crippen LogP contribution in [0.2, 0.25) is 0 Å². The van der Waals surface area contributed by atoms with E-state index >= 15 is 0 Å². The Morgan fingerprint density at radius 2 is 1.92 bits per heavy atom. The van der Waals surface area contributed by atoms with Crippen LogP contribution in [-0.2, 0) is 23.8 Å². The molecule has 3 fully saturated rings. The number of fused-ring (bicyclic) bond motifs is 7. The average molecular weight is 499 g/mol. The Bertz CT molecular complexity index is 964. The van der Waals surface area contributed by atoms with Gasteiger partial charge in [0, 0.05) is 32.6 Å². The molecule has 9 atom stereocenters.